The number of hydrogen-bond donors (Lipinski definition) is 2. The van der Waals surface area contributed by atoms with Crippen LogP contribution in [0.1, 0.15) is 61.5 Å². The van der Waals surface area contributed by atoms with Crippen molar-refractivity contribution in [3.05, 3.63) is 81.2 Å². The van der Waals surface area contributed by atoms with Crippen LogP contribution >= 0.6 is 11.3 Å². The molecular weight excluding hydrogens is 392 g/mol. The number of hydrogen-bond acceptors (Lipinski definition) is 3. The van der Waals surface area contributed by atoms with Crippen LogP contribution in [-0.2, 0) is 12.8 Å². The van der Waals surface area contributed by atoms with Gasteiger partial charge in [0.15, 0.2) is 0 Å². The number of nitrogens with one attached hydrogen (secondary N) is 2. The Morgan fingerprint density at radius 1 is 0.867 bits per heavy atom. The summed E-state index contributed by atoms with van der Waals surface area (Å²) in [5, 5.41) is 6.73. The van der Waals surface area contributed by atoms with Crippen molar-refractivity contribution in [3.8, 4) is 0 Å². The minimum Gasteiger partial charge on any atom is -0.322 e. The van der Waals surface area contributed by atoms with E-state index in [0.717, 1.165) is 48.1 Å². The van der Waals surface area contributed by atoms with Gasteiger partial charge in [0.2, 0.25) is 0 Å². The quantitative estimate of drug-likeness (QED) is 0.500. The van der Waals surface area contributed by atoms with Crippen LogP contribution in [-0.4, -0.2) is 11.8 Å². The fourth-order valence-corrected chi connectivity index (χ4v) is 5.27. The third-order valence-corrected chi connectivity index (χ3v) is 6.75. The second-order valence-corrected chi connectivity index (χ2v) is 8.97. The fourth-order valence-electron chi connectivity index (χ4n) is 3.99. The lowest BCUT2D eigenvalue weighted by Crippen LogP contribution is -2.18. The van der Waals surface area contributed by atoms with E-state index in [4.69, 9.17) is 0 Å². The molecule has 0 saturated heterocycles. The van der Waals surface area contributed by atoms with Gasteiger partial charge < -0.3 is 10.6 Å². The maximum atomic E-state index is 13.3. The molecule has 2 N–H and O–H groups in total. The number of fused-ring (bicyclic) bond motifs is 1. The van der Waals surface area contributed by atoms with Crippen LogP contribution in [0.2, 0.25) is 0 Å². The van der Waals surface area contributed by atoms with E-state index in [9.17, 15) is 9.59 Å². The smallest absolute Gasteiger partial charge is 0.258 e. The lowest BCUT2D eigenvalue weighted by molar-refractivity contribution is 0.102. The topological polar surface area (TPSA) is 58.2 Å². The summed E-state index contributed by atoms with van der Waals surface area (Å²) in [5.74, 6) is -0.325. The van der Waals surface area contributed by atoms with Crippen molar-refractivity contribution < 1.29 is 9.59 Å². The summed E-state index contributed by atoms with van der Waals surface area (Å²) in [4.78, 5) is 27.5. The molecule has 5 heteroatoms. The Balaban J connectivity index is 1.69. The number of rotatable bonds is 4. The highest BCUT2D eigenvalue weighted by atomic mass is 32.1. The van der Waals surface area contributed by atoms with Crippen molar-refractivity contribution in [2.45, 2.75) is 46.0 Å². The average molecular weight is 419 g/mol. The molecule has 1 aliphatic carbocycles. The van der Waals surface area contributed by atoms with E-state index >= 15 is 0 Å². The molecule has 0 bridgehead atoms. The Morgan fingerprint density at radius 3 is 2.47 bits per heavy atom. The molecule has 0 aliphatic heterocycles. The molecule has 2 amide bonds. The van der Waals surface area contributed by atoms with Gasteiger partial charge >= 0.3 is 0 Å². The summed E-state index contributed by atoms with van der Waals surface area (Å²) in [6.45, 7) is 3.92. The highest BCUT2D eigenvalue weighted by Crippen LogP contribution is 2.38. The molecular formula is C25H26N2O2S. The van der Waals surface area contributed by atoms with E-state index < -0.39 is 0 Å². The molecule has 4 rings (SSSR count). The van der Waals surface area contributed by atoms with Gasteiger partial charge in [-0.3, -0.25) is 9.59 Å². The first kappa shape index (κ1) is 20.4. The van der Waals surface area contributed by atoms with E-state index in [1.54, 1.807) is 11.3 Å². The minimum atomic E-state index is -0.172. The summed E-state index contributed by atoms with van der Waals surface area (Å²) in [7, 11) is 0. The zero-order chi connectivity index (χ0) is 21.1. The van der Waals surface area contributed by atoms with Crippen LogP contribution in [0, 0.1) is 13.8 Å². The third kappa shape index (κ3) is 4.31. The molecule has 0 atom stereocenters. The first-order valence-corrected chi connectivity index (χ1v) is 11.2. The Hall–Kier alpha value is -2.92. The highest BCUT2D eigenvalue weighted by molar-refractivity contribution is 7.17. The van der Waals surface area contributed by atoms with Gasteiger partial charge in [-0.2, -0.15) is 0 Å². The predicted molar refractivity (Wildman–Crippen MR) is 124 cm³/mol. The normalized spacial score (nSPS) is 13.3. The standard InChI is InChI=1S/C25H26N2O2S/c1-16-9-8-11-18(15-16)26-24(29)22-20-13-4-3-5-14-21(20)30-25(22)27-23(28)19-12-7-6-10-17(19)2/h6-12,15H,3-5,13-14H2,1-2H3,(H,26,29)(H,27,28). The van der Waals surface area contributed by atoms with Crippen molar-refractivity contribution in [1.82, 2.24) is 0 Å². The number of anilines is 2. The van der Waals surface area contributed by atoms with Crippen molar-refractivity contribution >= 4 is 33.8 Å². The molecule has 0 radical (unpaired) electrons. The number of carbonyl (C=O) groups excluding carboxylic acids is 2. The van der Waals surface area contributed by atoms with Gasteiger partial charge in [-0.05, 0) is 74.4 Å². The monoisotopic (exact) mass is 418 g/mol. The van der Waals surface area contributed by atoms with E-state index in [1.165, 1.54) is 11.3 Å². The van der Waals surface area contributed by atoms with E-state index in [1.807, 2.05) is 62.4 Å². The van der Waals surface area contributed by atoms with Gasteiger partial charge in [0.05, 0.1) is 5.56 Å². The summed E-state index contributed by atoms with van der Waals surface area (Å²) in [5.41, 5.74) is 5.13. The summed E-state index contributed by atoms with van der Waals surface area (Å²) < 4.78 is 0. The first-order valence-electron chi connectivity index (χ1n) is 10.4. The Bertz CT molecular complexity index is 1100. The molecule has 2 aromatic carbocycles. The van der Waals surface area contributed by atoms with Crippen LogP contribution in [0.3, 0.4) is 0 Å². The summed E-state index contributed by atoms with van der Waals surface area (Å²) >= 11 is 1.55. The second-order valence-electron chi connectivity index (χ2n) is 7.86. The molecule has 3 aromatic rings. The van der Waals surface area contributed by atoms with Crippen LogP contribution in [0.15, 0.2) is 48.5 Å². The van der Waals surface area contributed by atoms with Gasteiger partial charge in [-0.1, -0.05) is 36.8 Å². The molecule has 154 valence electrons. The Kier molecular flexibility index (Phi) is 6.00. The SMILES string of the molecule is Cc1cccc(NC(=O)c2c(NC(=O)c3ccccc3C)sc3c2CCCCC3)c1. The zero-order valence-corrected chi connectivity index (χ0v) is 18.2. The fraction of sp³-hybridized carbons (Fsp3) is 0.280. The number of benzene rings is 2. The van der Waals surface area contributed by atoms with Crippen LogP contribution < -0.4 is 10.6 Å². The Labute approximate surface area is 181 Å². The molecule has 0 fully saturated rings. The second kappa shape index (κ2) is 8.84. The number of aryl methyl sites for hydroxylation is 3. The number of amides is 2. The molecule has 0 unspecified atom stereocenters. The van der Waals surface area contributed by atoms with Crippen LogP contribution in [0.25, 0.3) is 0 Å². The molecule has 4 nitrogen and oxygen atoms in total. The van der Waals surface area contributed by atoms with E-state index in [-0.39, 0.29) is 11.8 Å². The van der Waals surface area contributed by atoms with Gasteiger partial charge in [-0.25, -0.2) is 0 Å². The lowest BCUT2D eigenvalue weighted by Gasteiger charge is -2.11. The largest absolute Gasteiger partial charge is 0.322 e. The zero-order valence-electron chi connectivity index (χ0n) is 17.4. The maximum Gasteiger partial charge on any atom is 0.258 e. The highest BCUT2D eigenvalue weighted by Gasteiger charge is 2.26. The Morgan fingerprint density at radius 2 is 1.67 bits per heavy atom. The van der Waals surface area contributed by atoms with Crippen molar-refractivity contribution in [3.63, 3.8) is 0 Å². The van der Waals surface area contributed by atoms with E-state index in [2.05, 4.69) is 10.6 Å². The summed E-state index contributed by atoms with van der Waals surface area (Å²) in [6, 6.07) is 15.3. The van der Waals surface area contributed by atoms with Gasteiger partial charge in [0.1, 0.15) is 5.00 Å². The number of thiophene rings is 1. The van der Waals surface area contributed by atoms with Crippen LogP contribution in [0.5, 0.6) is 0 Å². The molecule has 1 aromatic heterocycles. The van der Waals surface area contributed by atoms with E-state index in [0.29, 0.717) is 16.1 Å². The lowest BCUT2D eigenvalue weighted by atomic mass is 10.0. The third-order valence-electron chi connectivity index (χ3n) is 5.54. The molecule has 1 heterocycles. The molecule has 30 heavy (non-hydrogen) atoms. The average Bonchev–Trinajstić information content (AvgIpc) is 2.88. The van der Waals surface area contributed by atoms with Gasteiger partial charge in [0, 0.05) is 16.1 Å². The number of carbonyl (C=O) groups is 2. The summed E-state index contributed by atoms with van der Waals surface area (Å²) in [6.07, 6.45) is 5.20. The molecule has 0 saturated carbocycles. The first-order chi connectivity index (χ1) is 14.5. The molecule has 0 spiro atoms. The van der Waals surface area contributed by atoms with Gasteiger partial charge in [0.25, 0.3) is 11.8 Å². The minimum absolute atomic E-state index is 0.153. The van der Waals surface area contributed by atoms with Gasteiger partial charge in [-0.15, -0.1) is 11.3 Å². The molecule has 1 aliphatic rings. The maximum absolute atomic E-state index is 13.3. The van der Waals surface area contributed by atoms with Crippen LogP contribution in [0.4, 0.5) is 10.7 Å². The van der Waals surface area contributed by atoms with Crippen molar-refractivity contribution in [2.24, 2.45) is 0 Å². The van der Waals surface area contributed by atoms with Crippen molar-refractivity contribution in [1.29, 1.82) is 0 Å². The van der Waals surface area contributed by atoms with Crippen molar-refractivity contribution in [2.75, 3.05) is 10.6 Å². The predicted octanol–water partition coefficient (Wildman–Crippen LogP) is 6.14.